The van der Waals surface area contributed by atoms with Gasteiger partial charge in [-0.05, 0) is 37.5 Å². The number of fused-ring (bicyclic) bond motifs is 1. The second-order valence-electron chi connectivity index (χ2n) is 4.87. The molecule has 0 unspecified atom stereocenters. The molecule has 21 heavy (non-hydrogen) atoms. The molecule has 0 spiro atoms. The number of nitrogen functional groups attached to an aromatic ring is 1. The first kappa shape index (κ1) is 15.8. The third kappa shape index (κ3) is 3.03. The second-order valence-corrected chi connectivity index (χ2v) is 7.13. The van der Waals surface area contributed by atoms with Crippen molar-refractivity contribution < 1.29 is 17.9 Å². The van der Waals surface area contributed by atoms with E-state index in [-0.39, 0.29) is 12.4 Å². The highest BCUT2D eigenvalue weighted by Gasteiger charge is 2.27. The molecule has 0 fully saturated rings. The maximum absolute atomic E-state index is 11.9. The van der Waals surface area contributed by atoms with Crippen molar-refractivity contribution in [3.05, 3.63) is 28.8 Å². The lowest BCUT2D eigenvalue weighted by atomic mass is 9.96. The molecule has 1 heterocycles. The number of carbonyl (C=O) groups is 1. The van der Waals surface area contributed by atoms with Gasteiger partial charge in [0.2, 0.25) is 10.0 Å². The molecule has 0 aromatic heterocycles. The molecule has 0 amide bonds. The van der Waals surface area contributed by atoms with E-state index in [0.29, 0.717) is 30.8 Å². The summed E-state index contributed by atoms with van der Waals surface area (Å²) in [5, 5.41) is 0. The van der Waals surface area contributed by atoms with Gasteiger partial charge in [0.25, 0.3) is 0 Å². The summed E-state index contributed by atoms with van der Waals surface area (Å²) in [5.74, 6) is -0.361. The van der Waals surface area contributed by atoms with Crippen LogP contribution in [0.3, 0.4) is 0 Å². The lowest BCUT2D eigenvalue weighted by molar-refractivity contribution is 0.0527. The first-order chi connectivity index (χ1) is 9.90. The molecular weight excluding hydrogens is 292 g/mol. The summed E-state index contributed by atoms with van der Waals surface area (Å²) >= 11 is 0. The molecule has 2 N–H and O–H groups in total. The number of carbonyl (C=O) groups excluding carboxylic acids is 1. The topological polar surface area (TPSA) is 89.7 Å². The number of hydrogen-bond acceptors (Lipinski definition) is 5. The maximum Gasteiger partial charge on any atom is 0.340 e. The largest absolute Gasteiger partial charge is 0.462 e. The molecular formula is C14H20N2O4S. The average molecular weight is 312 g/mol. The predicted molar refractivity (Wildman–Crippen MR) is 80.4 cm³/mol. The van der Waals surface area contributed by atoms with E-state index in [4.69, 9.17) is 10.5 Å². The fourth-order valence-electron chi connectivity index (χ4n) is 2.47. The van der Waals surface area contributed by atoms with Crippen LogP contribution in [0, 0.1) is 0 Å². The Labute approximate surface area is 124 Å². The molecule has 7 heteroatoms. The minimum absolute atomic E-state index is 0.0821. The fourth-order valence-corrected chi connectivity index (χ4v) is 3.54. The molecule has 0 atom stereocenters. The Morgan fingerprint density at radius 2 is 2.10 bits per heavy atom. The lowest BCUT2D eigenvalue weighted by Crippen LogP contribution is -2.37. The molecule has 0 saturated heterocycles. The summed E-state index contributed by atoms with van der Waals surface area (Å²) in [5.41, 5.74) is 8.51. The van der Waals surface area contributed by atoms with Crippen LogP contribution in [0.25, 0.3) is 0 Å². The van der Waals surface area contributed by atoms with Crippen LogP contribution in [-0.4, -0.2) is 37.6 Å². The summed E-state index contributed by atoms with van der Waals surface area (Å²) in [6.45, 7) is 4.35. The Hall–Kier alpha value is -1.60. The number of esters is 1. The monoisotopic (exact) mass is 312 g/mol. The minimum Gasteiger partial charge on any atom is -0.462 e. The van der Waals surface area contributed by atoms with E-state index < -0.39 is 16.0 Å². The van der Waals surface area contributed by atoms with Crippen molar-refractivity contribution in [2.75, 3.05) is 24.6 Å². The molecule has 1 aromatic carbocycles. The van der Waals surface area contributed by atoms with Crippen molar-refractivity contribution in [2.45, 2.75) is 26.8 Å². The third-order valence-electron chi connectivity index (χ3n) is 3.67. The van der Waals surface area contributed by atoms with Gasteiger partial charge in [-0.2, -0.15) is 4.31 Å². The van der Waals surface area contributed by atoms with Gasteiger partial charge in [-0.1, -0.05) is 6.07 Å². The Morgan fingerprint density at radius 1 is 1.38 bits per heavy atom. The standard InChI is InChI=1S/C14H20N2O4S/c1-3-20-14(17)12-6-5-10-9-16(21(18,19)4-2)8-7-11(10)13(12)15/h5-6H,3-4,7-9,15H2,1-2H3. The molecule has 0 saturated carbocycles. The maximum atomic E-state index is 11.9. The highest BCUT2D eigenvalue weighted by atomic mass is 32.2. The number of benzene rings is 1. The van der Waals surface area contributed by atoms with Crippen LogP contribution in [0.2, 0.25) is 0 Å². The van der Waals surface area contributed by atoms with Crippen LogP contribution in [0.5, 0.6) is 0 Å². The van der Waals surface area contributed by atoms with Crippen molar-refractivity contribution in [3.63, 3.8) is 0 Å². The van der Waals surface area contributed by atoms with Crippen LogP contribution in [0.4, 0.5) is 5.69 Å². The van der Waals surface area contributed by atoms with Gasteiger partial charge in [-0.3, -0.25) is 0 Å². The third-order valence-corrected chi connectivity index (χ3v) is 5.49. The van der Waals surface area contributed by atoms with E-state index in [1.54, 1.807) is 26.0 Å². The Morgan fingerprint density at radius 3 is 2.71 bits per heavy atom. The van der Waals surface area contributed by atoms with Gasteiger partial charge >= 0.3 is 5.97 Å². The number of sulfonamides is 1. The molecule has 1 aliphatic rings. The number of ether oxygens (including phenoxy) is 1. The van der Waals surface area contributed by atoms with Crippen molar-refractivity contribution in [1.29, 1.82) is 0 Å². The average Bonchev–Trinajstić information content (AvgIpc) is 2.47. The molecule has 116 valence electrons. The summed E-state index contributed by atoms with van der Waals surface area (Å²) in [7, 11) is -3.21. The molecule has 1 aliphatic heterocycles. The Kier molecular flexibility index (Phi) is 4.53. The van der Waals surface area contributed by atoms with Gasteiger partial charge in [0.1, 0.15) is 0 Å². The van der Waals surface area contributed by atoms with Gasteiger partial charge in [-0.15, -0.1) is 0 Å². The lowest BCUT2D eigenvalue weighted by Gasteiger charge is -2.29. The van der Waals surface area contributed by atoms with Crippen LogP contribution in [0.15, 0.2) is 12.1 Å². The van der Waals surface area contributed by atoms with E-state index in [1.165, 1.54) is 4.31 Å². The minimum atomic E-state index is -3.21. The molecule has 1 aromatic rings. The summed E-state index contributed by atoms with van der Waals surface area (Å²) < 4.78 is 30.3. The number of hydrogen-bond donors (Lipinski definition) is 1. The number of nitrogens with zero attached hydrogens (tertiary/aromatic N) is 1. The zero-order valence-corrected chi connectivity index (χ0v) is 13.1. The number of nitrogens with two attached hydrogens (primary N) is 1. The first-order valence-corrected chi connectivity index (χ1v) is 8.56. The highest BCUT2D eigenvalue weighted by molar-refractivity contribution is 7.89. The highest BCUT2D eigenvalue weighted by Crippen LogP contribution is 2.29. The van der Waals surface area contributed by atoms with Crippen LogP contribution in [-0.2, 0) is 27.7 Å². The van der Waals surface area contributed by atoms with E-state index in [9.17, 15) is 13.2 Å². The second kappa shape index (κ2) is 6.03. The van der Waals surface area contributed by atoms with Crippen LogP contribution >= 0.6 is 0 Å². The summed E-state index contributed by atoms with van der Waals surface area (Å²) in [6, 6.07) is 3.36. The van der Waals surface area contributed by atoms with E-state index in [1.807, 2.05) is 0 Å². The van der Waals surface area contributed by atoms with Crippen LogP contribution < -0.4 is 5.73 Å². The smallest absolute Gasteiger partial charge is 0.340 e. The quantitative estimate of drug-likeness (QED) is 0.665. The summed E-state index contributed by atoms with van der Waals surface area (Å²) in [6.07, 6.45) is 0.508. The van der Waals surface area contributed by atoms with Gasteiger partial charge in [0.15, 0.2) is 0 Å². The van der Waals surface area contributed by atoms with E-state index in [2.05, 4.69) is 0 Å². The summed E-state index contributed by atoms with van der Waals surface area (Å²) in [4.78, 5) is 11.8. The van der Waals surface area contributed by atoms with Gasteiger partial charge in [0, 0.05) is 18.8 Å². The predicted octanol–water partition coefficient (Wildman–Crippen LogP) is 1.15. The molecule has 2 rings (SSSR count). The van der Waals surface area contributed by atoms with Gasteiger partial charge in [-0.25, -0.2) is 13.2 Å². The number of anilines is 1. The van der Waals surface area contributed by atoms with Gasteiger partial charge < -0.3 is 10.5 Å². The fraction of sp³-hybridized carbons (Fsp3) is 0.500. The van der Waals surface area contributed by atoms with Crippen molar-refractivity contribution in [2.24, 2.45) is 0 Å². The molecule has 6 nitrogen and oxygen atoms in total. The Balaban J connectivity index is 2.33. The molecule has 0 radical (unpaired) electrons. The van der Waals surface area contributed by atoms with Crippen molar-refractivity contribution >= 4 is 21.7 Å². The normalized spacial score (nSPS) is 15.5. The zero-order valence-electron chi connectivity index (χ0n) is 12.3. The van der Waals surface area contributed by atoms with Crippen molar-refractivity contribution in [1.82, 2.24) is 4.31 Å². The van der Waals surface area contributed by atoms with E-state index >= 15 is 0 Å². The first-order valence-electron chi connectivity index (χ1n) is 6.95. The molecule has 0 bridgehead atoms. The number of rotatable bonds is 4. The van der Waals surface area contributed by atoms with Crippen molar-refractivity contribution in [3.8, 4) is 0 Å². The Bertz CT molecular complexity index is 655. The van der Waals surface area contributed by atoms with E-state index in [0.717, 1.165) is 11.1 Å². The van der Waals surface area contributed by atoms with Crippen LogP contribution in [0.1, 0.15) is 35.3 Å². The van der Waals surface area contributed by atoms with Gasteiger partial charge in [0.05, 0.1) is 17.9 Å². The molecule has 0 aliphatic carbocycles. The zero-order chi connectivity index (χ0) is 15.6. The SMILES string of the molecule is CCOC(=O)c1ccc2c(c1N)CCN(S(=O)(=O)CC)C2.